The summed E-state index contributed by atoms with van der Waals surface area (Å²) in [5, 5.41) is 0. The predicted octanol–water partition coefficient (Wildman–Crippen LogP) is 6.86. The van der Waals surface area contributed by atoms with E-state index in [9.17, 15) is 4.79 Å². The third-order valence-corrected chi connectivity index (χ3v) is 5.31. The Bertz CT molecular complexity index is 989. The SMILES string of the molecule is Cc1c(OC(C)c2ccc(CC(C)C)cc2)ccc(C(=O)Oc2ccccc2)c1C. The molecule has 0 fully saturated rings. The van der Waals surface area contributed by atoms with E-state index < -0.39 is 0 Å². The number of ether oxygens (including phenoxy) is 2. The van der Waals surface area contributed by atoms with Crippen LogP contribution in [0.15, 0.2) is 66.7 Å². The van der Waals surface area contributed by atoms with E-state index in [4.69, 9.17) is 9.47 Å². The maximum Gasteiger partial charge on any atom is 0.343 e. The van der Waals surface area contributed by atoms with Crippen LogP contribution in [0.25, 0.3) is 0 Å². The van der Waals surface area contributed by atoms with Gasteiger partial charge in [0.1, 0.15) is 17.6 Å². The highest BCUT2D eigenvalue weighted by molar-refractivity contribution is 5.93. The molecule has 0 aliphatic rings. The van der Waals surface area contributed by atoms with E-state index in [-0.39, 0.29) is 12.1 Å². The highest BCUT2D eigenvalue weighted by Crippen LogP contribution is 2.29. The Balaban J connectivity index is 1.72. The number of carbonyl (C=O) groups is 1. The molecule has 0 heterocycles. The van der Waals surface area contributed by atoms with Gasteiger partial charge in [0.2, 0.25) is 0 Å². The lowest BCUT2D eigenvalue weighted by atomic mass is 10.00. The quantitative estimate of drug-likeness (QED) is 0.320. The zero-order valence-electron chi connectivity index (χ0n) is 18.4. The first kappa shape index (κ1) is 21.6. The van der Waals surface area contributed by atoms with Crippen LogP contribution in [0.2, 0.25) is 0 Å². The van der Waals surface area contributed by atoms with Crippen LogP contribution in [0.5, 0.6) is 11.5 Å². The van der Waals surface area contributed by atoms with E-state index in [0.29, 0.717) is 17.2 Å². The van der Waals surface area contributed by atoms with Gasteiger partial charge in [0.15, 0.2) is 0 Å². The second kappa shape index (κ2) is 9.62. The molecule has 1 atom stereocenters. The number of benzene rings is 3. The smallest absolute Gasteiger partial charge is 0.343 e. The molecular weight excluding hydrogens is 372 g/mol. The first-order chi connectivity index (χ1) is 14.3. The Morgan fingerprint density at radius 1 is 0.833 bits per heavy atom. The molecule has 0 amide bonds. The van der Waals surface area contributed by atoms with Crippen molar-refractivity contribution in [3.8, 4) is 11.5 Å². The van der Waals surface area contributed by atoms with Crippen LogP contribution in [0.3, 0.4) is 0 Å². The molecule has 0 saturated heterocycles. The van der Waals surface area contributed by atoms with Crippen LogP contribution in [-0.4, -0.2) is 5.97 Å². The third-order valence-electron chi connectivity index (χ3n) is 5.31. The Hall–Kier alpha value is -3.07. The number of esters is 1. The summed E-state index contributed by atoms with van der Waals surface area (Å²) in [6, 6.07) is 21.4. The Kier molecular flexibility index (Phi) is 6.94. The molecule has 3 aromatic rings. The molecule has 3 aromatic carbocycles. The number of hydrogen-bond donors (Lipinski definition) is 0. The number of carbonyl (C=O) groups excluding carboxylic acids is 1. The highest BCUT2D eigenvalue weighted by Gasteiger charge is 2.17. The summed E-state index contributed by atoms with van der Waals surface area (Å²) in [5.41, 5.74) is 4.84. The summed E-state index contributed by atoms with van der Waals surface area (Å²) in [5.74, 6) is 1.60. The van der Waals surface area contributed by atoms with Gasteiger partial charge >= 0.3 is 5.97 Å². The summed E-state index contributed by atoms with van der Waals surface area (Å²) >= 11 is 0. The van der Waals surface area contributed by atoms with E-state index in [0.717, 1.165) is 28.9 Å². The lowest BCUT2D eigenvalue weighted by Crippen LogP contribution is -2.12. The summed E-state index contributed by atoms with van der Waals surface area (Å²) in [6.07, 6.45) is 0.993. The first-order valence-corrected chi connectivity index (χ1v) is 10.5. The number of para-hydroxylation sites is 1. The van der Waals surface area contributed by atoms with E-state index in [1.54, 1.807) is 18.2 Å². The zero-order chi connectivity index (χ0) is 21.7. The van der Waals surface area contributed by atoms with Crippen molar-refractivity contribution in [1.29, 1.82) is 0 Å². The largest absolute Gasteiger partial charge is 0.486 e. The maximum absolute atomic E-state index is 12.6. The fourth-order valence-electron chi connectivity index (χ4n) is 3.45. The van der Waals surface area contributed by atoms with Crippen LogP contribution in [-0.2, 0) is 6.42 Å². The topological polar surface area (TPSA) is 35.5 Å². The minimum Gasteiger partial charge on any atom is -0.486 e. The fraction of sp³-hybridized carbons (Fsp3) is 0.296. The van der Waals surface area contributed by atoms with Gasteiger partial charge in [-0.05, 0) is 79.6 Å². The van der Waals surface area contributed by atoms with Crippen LogP contribution in [0.4, 0.5) is 0 Å². The Labute approximate surface area is 179 Å². The third kappa shape index (κ3) is 5.29. The molecule has 0 radical (unpaired) electrons. The van der Waals surface area contributed by atoms with Crippen molar-refractivity contribution in [3.63, 3.8) is 0 Å². The number of rotatable bonds is 7. The van der Waals surface area contributed by atoms with Gasteiger partial charge in [-0.2, -0.15) is 0 Å². The monoisotopic (exact) mass is 402 g/mol. The second-order valence-corrected chi connectivity index (χ2v) is 8.16. The van der Waals surface area contributed by atoms with Crippen molar-refractivity contribution in [2.24, 2.45) is 5.92 Å². The van der Waals surface area contributed by atoms with E-state index in [2.05, 4.69) is 38.1 Å². The molecule has 0 aliphatic carbocycles. The van der Waals surface area contributed by atoms with E-state index in [1.807, 2.05) is 45.0 Å². The van der Waals surface area contributed by atoms with Crippen molar-refractivity contribution in [2.75, 3.05) is 0 Å². The minimum absolute atomic E-state index is 0.0849. The van der Waals surface area contributed by atoms with Crippen LogP contribution >= 0.6 is 0 Å². The molecule has 0 saturated carbocycles. The van der Waals surface area contributed by atoms with Gasteiger partial charge in [0.05, 0.1) is 5.56 Å². The second-order valence-electron chi connectivity index (χ2n) is 8.16. The van der Waals surface area contributed by atoms with Gasteiger partial charge in [-0.25, -0.2) is 4.79 Å². The molecule has 0 spiro atoms. The van der Waals surface area contributed by atoms with E-state index >= 15 is 0 Å². The predicted molar refractivity (Wildman–Crippen MR) is 121 cm³/mol. The summed E-state index contributed by atoms with van der Waals surface area (Å²) in [7, 11) is 0. The van der Waals surface area contributed by atoms with Gasteiger partial charge in [-0.3, -0.25) is 0 Å². The maximum atomic E-state index is 12.6. The van der Waals surface area contributed by atoms with Gasteiger partial charge < -0.3 is 9.47 Å². The van der Waals surface area contributed by atoms with Crippen LogP contribution < -0.4 is 9.47 Å². The van der Waals surface area contributed by atoms with Crippen molar-refractivity contribution < 1.29 is 14.3 Å². The first-order valence-electron chi connectivity index (χ1n) is 10.5. The normalized spacial score (nSPS) is 11.9. The average Bonchev–Trinajstić information content (AvgIpc) is 2.72. The zero-order valence-corrected chi connectivity index (χ0v) is 18.4. The summed E-state index contributed by atoms with van der Waals surface area (Å²) < 4.78 is 11.7. The van der Waals surface area contributed by atoms with Gasteiger partial charge in [0, 0.05) is 0 Å². The molecular formula is C27H30O3. The standard InChI is InChI=1S/C27H30O3/c1-18(2)17-22-11-13-23(14-12-22)21(5)29-26-16-15-25(19(3)20(26)4)27(28)30-24-9-7-6-8-10-24/h6-16,18,21H,17H2,1-5H3. The molecule has 0 aromatic heterocycles. The lowest BCUT2D eigenvalue weighted by molar-refractivity contribution is 0.0734. The van der Waals surface area contributed by atoms with E-state index in [1.165, 1.54) is 5.56 Å². The van der Waals surface area contributed by atoms with Crippen molar-refractivity contribution >= 4 is 5.97 Å². The van der Waals surface area contributed by atoms with Gasteiger partial charge in [-0.1, -0.05) is 56.3 Å². The molecule has 156 valence electrons. The molecule has 3 nitrogen and oxygen atoms in total. The Morgan fingerprint density at radius 3 is 2.13 bits per heavy atom. The highest BCUT2D eigenvalue weighted by atomic mass is 16.5. The van der Waals surface area contributed by atoms with Crippen LogP contribution in [0, 0.1) is 19.8 Å². The molecule has 0 aliphatic heterocycles. The van der Waals surface area contributed by atoms with Crippen molar-refractivity contribution in [2.45, 2.75) is 47.1 Å². The molecule has 1 unspecified atom stereocenters. The molecule has 0 N–H and O–H groups in total. The Morgan fingerprint density at radius 2 is 1.50 bits per heavy atom. The summed E-state index contributed by atoms with van der Waals surface area (Å²) in [6.45, 7) is 10.4. The minimum atomic E-state index is -0.359. The lowest BCUT2D eigenvalue weighted by Gasteiger charge is -2.19. The van der Waals surface area contributed by atoms with Gasteiger partial charge in [-0.15, -0.1) is 0 Å². The summed E-state index contributed by atoms with van der Waals surface area (Å²) in [4.78, 5) is 12.6. The average molecular weight is 403 g/mol. The van der Waals surface area contributed by atoms with Crippen LogP contribution in [0.1, 0.15) is 59.5 Å². The van der Waals surface area contributed by atoms with Crippen molar-refractivity contribution in [3.05, 3.63) is 94.5 Å². The molecule has 0 bridgehead atoms. The fourth-order valence-corrected chi connectivity index (χ4v) is 3.45. The molecule has 3 heteroatoms. The number of hydrogen-bond acceptors (Lipinski definition) is 3. The molecule has 3 rings (SSSR count). The van der Waals surface area contributed by atoms with Crippen molar-refractivity contribution in [1.82, 2.24) is 0 Å². The molecule has 30 heavy (non-hydrogen) atoms. The van der Waals surface area contributed by atoms with Gasteiger partial charge in [0.25, 0.3) is 0 Å².